The Morgan fingerprint density at radius 3 is 2.48 bits per heavy atom. The molecule has 1 heterocycles. The van der Waals surface area contributed by atoms with Crippen LogP contribution in [0.25, 0.3) is 0 Å². The summed E-state index contributed by atoms with van der Waals surface area (Å²) in [5, 5.41) is 7.32. The van der Waals surface area contributed by atoms with E-state index in [1.54, 1.807) is 4.68 Å². The van der Waals surface area contributed by atoms with E-state index in [4.69, 9.17) is 0 Å². The number of carbonyl (C=O) groups is 1. The summed E-state index contributed by atoms with van der Waals surface area (Å²) in [5.41, 5.74) is 3.07. The molecule has 0 unspecified atom stereocenters. The molecule has 0 bridgehead atoms. The van der Waals surface area contributed by atoms with Crippen molar-refractivity contribution in [1.82, 2.24) is 15.1 Å². The van der Waals surface area contributed by atoms with E-state index >= 15 is 0 Å². The summed E-state index contributed by atoms with van der Waals surface area (Å²) in [6.07, 6.45) is 0. The van der Waals surface area contributed by atoms with E-state index in [2.05, 4.69) is 36.4 Å². The van der Waals surface area contributed by atoms with Crippen LogP contribution >= 0.6 is 0 Å². The van der Waals surface area contributed by atoms with Crippen LogP contribution in [0.5, 0.6) is 0 Å². The zero-order valence-electron chi connectivity index (χ0n) is 13.2. The van der Waals surface area contributed by atoms with Crippen molar-refractivity contribution in [3.05, 3.63) is 53.3 Å². The summed E-state index contributed by atoms with van der Waals surface area (Å²) in [6.45, 7) is 9.03. The monoisotopic (exact) mass is 285 g/mol. The van der Waals surface area contributed by atoms with E-state index in [0.717, 1.165) is 11.4 Å². The van der Waals surface area contributed by atoms with Crippen LogP contribution in [0.15, 0.2) is 36.4 Å². The molecule has 2 rings (SSSR count). The molecule has 0 aliphatic rings. The van der Waals surface area contributed by atoms with Gasteiger partial charge in [-0.25, -0.2) is 0 Å². The Balaban J connectivity index is 1.93. The number of benzene rings is 1. The van der Waals surface area contributed by atoms with Gasteiger partial charge in [-0.2, -0.15) is 5.10 Å². The first kappa shape index (κ1) is 15.3. The quantitative estimate of drug-likeness (QED) is 0.918. The number of aryl methyl sites for hydroxylation is 2. The van der Waals surface area contributed by atoms with Crippen molar-refractivity contribution in [2.24, 2.45) is 0 Å². The van der Waals surface area contributed by atoms with Gasteiger partial charge in [-0.1, -0.05) is 44.2 Å². The lowest BCUT2D eigenvalue weighted by Crippen LogP contribution is -2.38. The fraction of sp³-hybridized carbons (Fsp3) is 0.412. The number of carbonyl (C=O) groups excluding carboxylic acids is 1. The lowest BCUT2D eigenvalue weighted by molar-refractivity contribution is -0.122. The van der Waals surface area contributed by atoms with Gasteiger partial charge in [-0.05, 0) is 25.5 Å². The molecule has 1 amide bonds. The predicted octanol–water partition coefficient (Wildman–Crippen LogP) is 2.59. The number of hydrogen-bond acceptors (Lipinski definition) is 2. The average molecular weight is 285 g/mol. The van der Waals surface area contributed by atoms with Gasteiger partial charge < -0.3 is 5.32 Å². The Morgan fingerprint density at radius 2 is 1.90 bits per heavy atom. The topological polar surface area (TPSA) is 46.9 Å². The Hall–Kier alpha value is -2.10. The molecule has 112 valence electrons. The van der Waals surface area contributed by atoms with Crippen molar-refractivity contribution >= 4 is 5.91 Å². The lowest BCUT2D eigenvalue weighted by Gasteiger charge is -2.25. The third-order valence-electron chi connectivity index (χ3n) is 3.68. The van der Waals surface area contributed by atoms with E-state index in [1.165, 1.54) is 5.56 Å². The minimum Gasteiger partial charge on any atom is -0.354 e. The largest absolute Gasteiger partial charge is 0.354 e. The molecule has 0 fully saturated rings. The van der Waals surface area contributed by atoms with Crippen molar-refractivity contribution in [2.75, 3.05) is 6.54 Å². The van der Waals surface area contributed by atoms with Gasteiger partial charge in [0.1, 0.15) is 6.54 Å². The first-order valence-corrected chi connectivity index (χ1v) is 7.22. The first-order chi connectivity index (χ1) is 9.88. The van der Waals surface area contributed by atoms with Gasteiger partial charge in [0.05, 0.1) is 5.69 Å². The van der Waals surface area contributed by atoms with Gasteiger partial charge >= 0.3 is 0 Å². The number of rotatable bonds is 5. The molecule has 0 saturated heterocycles. The average Bonchev–Trinajstić information content (AvgIpc) is 2.76. The normalized spacial score (nSPS) is 11.4. The van der Waals surface area contributed by atoms with Crippen molar-refractivity contribution < 1.29 is 4.79 Å². The van der Waals surface area contributed by atoms with E-state index in [0.29, 0.717) is 6.54 Å². The van der Waals surface area contributed by atoms with E-state index in [1.807, 2.05) is 38.1 Å². The second-order valence-corrected chi connectivity index (χ2v) is 6.11. The molecule has 1 aromatic heterocycles. The van der Waals surface area contributed by atoms with E-state index in [-0.39, 0.29) is 17.9 Å². The third kappa shape index (κ3) is 3.94. The fourth-order valence-corrected chi connectivity index (χ4v) is 2.34. The molecule has 0 spiro atoms. The molecular formula is C17H23N3O. The van der Waals surface area contributed by atoms with Gasteiger partial charge in [-0.15, -0.1) is 0 Å². The second kappa shape index (κ2) is 6.12. The Labute approximate surface area is 126 Å². The maximum absolute atomic E-state index is 12.1. The molecule has 2 aromatic rings. The molecule has 0 saturated carbocycles. The molecule has 0 radical (unpaired) electrons. The first-order valence-electron chi connectivity index (χ1n) is 7.22. The molecule has 21 heavy (non-hydrogen) atoms. The van der Waals surface area contributed by atoms with Gasteiger partial charge in [0.15, 0.2) is 0 Å². The summed E-state index contributed by atoms with van der Waals surface area (Å²) >= 11 is 0. The molecule has 0 aliphatic heterocycles. The van der Waals surface area contributed by atoms with Gasteiger partial charge in [0.25, 0.3) is 0 Å². The number of amides is 1. The number of hydrogen-bond donors (Lipinski definition) is 1. The lowest BCUT2D eigenvalue weighted by atomic mass is 9.84. The smallest absolute Gasteiger partial charge is 0.241 e. The molecule has 4 heteroatoms. The molecule has 0 aliphatic carbocycles. The fourth-order valence-electron chi connectivity index (χ4n) is 2.34. The summed E-state index contributed by atoms with van der Waals surface area (Å²) in [7, 11) is 0. The second-order valence-electron chi connectivity index (χ2n) is 6.11. The van der Waals surface area contributed by atoms with Crippen molar-refractivity contribution in [1.29, 1.82) is 0 Å². The van der Waals surface area contributed by atoms with Crippen LogP contribution in [0.2, 0.25) is 0 Å². The van der Waals surface area contributed by atoms with Crippen LogP contribution in [0.3, 0.4) is 0 Å². The summed E-state index contributed by atoms with van der Waals surface area (Å²) in [5.74, 6) is -0.00907. The van der Waals surface area contributed by atoms with Crippen LogP contribution < -0.4 is 5.32 Å². The van der Waals surface area contributed by atoms with Gasteiger partial charge in [0.2, 0.25) is 5.91 Å². The van der Waals surface area contributed by atoms with Crippen LogP contribution in [0.4, 0.5) is 0 Å². The predicted molar refractivity (Wildman–Crippen MR) is 84.2 cm³/mol. The Bertz CT molecular complexity index is 614. The van der Waals surface area contributed by atoms with Crippen molar-refractivity contribution in [2.45, 2.75) is 39.7 Å². The SMILES string of the molecule is Cc1cc(C)n(CC(=O)NCC(C)(C)c2ccccc2)n1. The molecule has 1 N–H and O–H groups in total. The highest BCUT2D eigenvalue weighted by Gasteiger charge is 2.21. The van der Waals surface area contributed by atoms with Gasteiger partial charge in [-0.3, -0.25) is 9.48 Å². The number of aromatic nitrogens is 2. The van der Waals surface area contributed by atoms with Crippen LogP contribution in [0, 0.1) is 13.8 Å². The van der Waals surface area contributed by atoms with Crippen LogP contribution in [-0.2, 0) is 16.8 Å². The summed E-state index contributed by atoms with van der Waals surface area (Å²) < 4.78 is 1.74. The maximum Gasteiger partial charge on any atom is 0.241 e. The Kier molecular flexibility index (Phi) is 4.46. The zero-order chi connectivity index (χ0) is 15.5. The van der Waals surface area contributed by atoms with Crippen LogP contribution in [0.1, 0.15) is 30.8 Å². The summed E-state index contributed by atoms with van der Waals surface area (Å²) in [6, 6.07) is 12.2. The molecule has 1 aromatic carbocycles. The molecule has 4 nitrogen and oxygen atoms in total. The zero-order valence-corrected chi connectivity index (χ0v) is 13.2. The maximum atomic E-state index is 12.1. The minimum atomic E-state index is -0.0913. The van der Waals surface area contributed by atoms with E-state index in [9.17, 15) is 4.79 Å². The Morgan fingerprint density at radius 1 is 1.24 bits per heavy atom. The number of nitrogens with one attached hydrogen (secondary N) is 1. The van der Waals surface area contributed by atoms with Gasteiger partial charge in [0, 0.05) is 17.7 Å². The van der Waals surface area contributed by atoms with Crippen LogP contribution in [-0.4, -0.2) is 22.2 Å². The molecule has 0 atom stereocenters. The highest BCUT2D eigenvalue weighted by Crippen LogP contribution is 2.21. The highest BCUT2D eigenvalue weighted by molar-refractivity contribution is 5.75. The highest BCUT2D eigenvalue weighted by atomic mass is 16.2. The number of nitrogens with zero attached hydrogens (tertiary/aromatic N) is 2. The molecular weight excluding hydrogens is 262 g/mol. The van der Waals surface area contributed by atoms with E-state index < -0.39 is 0 Å². The van der Waals surface area contributed by atoms with Crippen molar-refractivity contribution in [3.63, 3.8) is 0 Å². The van der Waals surface area contributed by atoms with Crippen molar-refractivity contribution in [3.8, 4) is 0 Å². The standard InChI is InChI=1S/C17H23N3O/c1-13-10-14(2)20(19-13)11-16(21)18-12-17(3,4)15-8-6-5-7-9-15/h5-10H,11-12H2,1-4H3,(H,18,21). The minimum absolute atomic E-state index is 0.00907. The third-order valence-corrected chi connectivity index (χ3v) is 3.68. The summed E-state index contributed by atoms with van der Waals surface area (Å²) in [4.78, 5) is 12.1.